The summed E-state index contributed by atoms with van der Waals surface area (Å²) in [7, 11) is 0. The topological polar surface area (TPSA) is 41.6 Å². The van der Waals surface area contributed by atoms with E-state index in [1.54, 1.807) is 17.1 Å². The summed E-state index contributed by atoms with van der Waals surface area (Å²) >= 11 is 0. The predicted molar refractivity (Wildman–Crippen MR) is 63.5 cm³/mol. The van der Waals surface area contributed by atoms with Crippen LogP contribution in [0.4, 0.5) is 4.79 Å². The van der Waals surface area contributed by atoms with Crippen LogP contribution in [-0.4, -0.2) is 23.2 Å². The van der Waals surface area contributed by atoms with Gasteiger partial charge in [0.15, 0.2) is 0 Å². The lowest BCUT2D eigenvalue weighted by atomic mass is 10.3. The monoisotopic (exact) mass is 232 g/mol. The number of nitrogens with zero attached hydrogens (tertiary/aromatic N) is 1. The number of nitrogens with one attached hydrogen (secondary N) is 1. The van der Waals surface area contributed by atoms with Crippen LogP contribution < -0.4 is 10.2 Å². The highest BCUT2D eigenvalue weighted by Gasteiger charge is 2.37. The summed E-state index contributed by atoms with van der Waals surface area (Å²) in [6.45, 7) is 0. The van der Waals surface area contributed by atoms with Gasteiger partial charge >= 0.3 is 6.09 Å². The summed E-state index contributed by atoms with van der Waals surface area (Å²) < 4.78 is 5.33. The van der Waals surface area contributed by atoms with Gasteiger partial charge in [0, 0.05) is 6.04 Å². The van der Waals surface area contributed by atoms with Crippen molar-refractivity contribution in [3.63, 3.8) is 0 Å². The average Bonchev–Trinajstić information content (AvgIpc) is 3.20. The van der Waals surface area contributed by atoms with E-state index in [-0.39, 0.29) is 6.09 Å². The Bertz CT molecular complexity index is 399. The fourth-order valence-electron chi connectivity index (χ4n) is 1.69. The van der Waals surface area contributed by atoms with Crippen molar-refractivity contribution in [2.75, 3.05) is 0 Å². The lowest BCUT2D eigenvalue weighted by Crippen LogP contribution is -2.47. The summed E-state index contributed by atoms with van der Waals surface area (Å²) in [6.07, 6.45) is 4.17. The zero-order valence-electron chi connectivity index (χ0n) is 9.63. The molecular weight excluding hydrogens is 216 g/mol. The lowest BCUT2D eigenvalue weighted by molar-refractivity contribution is 0.120. The lowest BCUT2D eigenvalue weighted by Gasteiger charge is -2.22. The van der Waals surface area contributed by atoms with Crippen LogP contribution in [0.3, 0.4) is 0 Å². The smallest absolute Gasteiger partial charge is 0.409 e. The number of ether oxygens (including phenoxy) is 1. The molecule has 2 saturated carbocycles. The Labute approximate surface area is 101 Å². The third kappa shape index (κ3) is 2.77. The summed E-state index contributed by atoms with van der Waals surface area (Å²) in [5.41, 5.74) is 3.23. The van der Waals surface area contributed by atoms with Gasteiger partial charge in [-0.15, -0.1) is 0 Å². The summed E-state index contributed by atoms with van der Waals surface area (Å²) in [6, 6.07) is 10.0. The van der Waals surface area contributed by atoms with Gasteiger partial charge in [-0.25, -0.2) is 15.2 Å². The van der Waals surface area contributed by atoms with E-state index in [0.717, 1.165) is 25.7 Å². The number of hydrazine groups is 1. The number of carbonyl (C=O) groups excluding carboxylic acids is 1. The van der Waals surface area contributed by atoms with Crippen LogP contribution in [0, 0.1) is 0 Å². The van der Waals surface area contributed by atoms with Gasteiger partial charge in [0.2, 0.25) is 0 Å². The van der Waals surface area contributed by atoms with Crippen molar-refractivity contribution in [2.45, 2.75) is 37.8 Å². The van der Waals surface area contributed by atoms with E-state index in [1.807, 2.05) is 18.2 Å². The molecule has 0 heterocycles. The molecule has 17 heavy (non-hydrogen) atoms. The predicted octanol–water partition coefficient (Wildman–Crippen LogP) is 2.32. The second kappa shape index (κ2) is 4.37. The Morgan fingerprint density at radius 3 is 2.47 bits per heavy atom. The van der Waals surface area contributed by atoms with Crippen molar-refractivity contribution in [3.05, 3.63) is 30.3 Å². The number of rotatable bonds is 4. The summed E-state index contributed by atoms with van der Waals surface area (Å²) in [4.78, 5) is 12.0. The molecule has 0 aliphatic heterocycles. The quantitative estimate of drug-likeness (QED) is 0.810. The molecule has 4 heteroatoms. The Kier molecular flexibility index (Phi) is 2.73. The maximum absolute atomic E-state index is 12.0. The van der Waals surface area contributed by atoms with Crippen molar-refractivity contribution in [1.82, 2.24) is 10.4 Å². The van der Waals surface area contributed by atoms with Crippen molar-refractivity contribution >= 4 is 6.09 Å². The first kappa shape index (κ1) is 10.6. The number of amides is 1. The fraction of sp³-hybridized carbons (Fsp3) is 0.462. The van der Waals surface area contributed by atoms with Gasteiger partial charge in [0.1, 0.15) is 5.75 Å². The number of benzene rings is 1. The molecule has 2 fully saturated rings. The van der Waals surface area contributed by atoms with E-state index < -0.39 is 0 Å². The molecule has 0 bridgehead atoms. The van der Waals surface area contributed by atoms with E-state index in [9.17, 15) is 4.79 Å². The number of para-hydroxylation sites is 1. The normalized spacial score (nSPS) is 18.8. The van der Waals surface area contributed by atoms with Crippen LogP contribution >= 0.6 is 0 Å². The van der Waals surface area contributed by atoms with Gasteiger partial charge in [-0.05, 0) is 37.8 Å². The maximum atomic E-state index is 12.0. The van der Waals surface area contributed by atoms with Crippen molar-refractivity contribution in [2.24, 2.45) is 0 Å². The second-order valence-electron chi connectivity index (χ2n) is 4.69. The number of carbonyl (C=O) groups is 1. The molecule has 2 aliphatic carbocycles. The molecule has 1 aromatic carbocycles. The van der Waals surface area contributed by atoms with Crippen LogP contribution in [0.25, 0.3) is 0 Å². The van der Waals surface area contributed by atoms with Crippen molar-refractivity contribution in [1.29, 1.82) is 0 Å². The van der Waals surface area contributed by atoms with Gasteiger partial charge in [-0.3, -0.25) is 0 Å². The molecule has 90 valence electrons. The highest BCUT2D eigenvalue weighted by atomic mass is 16.6. The number of hydrogen-bond acceptors (Lipinski definition) is 3. The molecule has 4 nitrogen and oxygen atoms in total. The molecule has 0 atom stereocenters. The van der Waals surface area contributed by atoms with Gasteiger partial charge in [0.25, 0.3) is 0 Å². The minimum atomic E-state index is -0.286. The summed E-state index contributed by atoms with van der Waals surface area (Å²) in [5.74, 6) is 0.598. The molecule has 1 aromatic rings. The molecule has 0 saturated heterocycles. The SMILES string of the molecule is O=C(Oc1ccccc1)N(NC1CC1)C1CC1. The fourth-order valence-corrected chi connectivity index (χ4v) is 1.69. The zero-order chi connectivity index (χ0) is 11.7. The van der Waals surface area contributed by atoms with E-state index in [2.05, 4.69) is 5.43 Å². The molecule has 3 rings (SSSR count). The van der Waals surface area contributed by atoms with E-state index in [0.29, 0.717) is 17.8 Å². The molecule has 0 unspecified atom stereocenters. The van der Waals surface area contributed by atoms with Crippen LogP contribution in [0.5, 0.6) is 5.75 Å². The van der Waals surface area contributed by atoms with Gasteiger partial charge in [0.05, 0.1) is 6.04 Å². The zero-order valence-corrected chi connectivity index (χ0v) is 9.63. The minimum absolute atomic E-state index is 0.286. The highest BCUT2D eigenvalue weighted by molar-refractivity contribution is 5.71. The van der Waals surface area contributed by atoms with E-state index >= 15 is 0 Å². The van der Waals surface area contributed by atoms with Crippen LogP contribution in [0.2, 0.25) is 0 Å². The molecule has 0 aromatic heterocycles. The molecule has 0 radical (unpaired) electrons. The Hall–Kier alpha value is -1.55. The third-order valence-electron chi connectivity index (χ3n) is 2.96. The van der Waals surface area contributed by atoms with Crippen LogP contribution in [0.1, 0.15) is 25.7 Å². The second-order valence-corrected chi connectivity index (χ2v) is 4.69. The van der Waals surface area contributed by atoms with Crippen LogP contribution in [0.15, 0.2) is 30.3 Å². The first-order valence-corrected chi connectivity index (χ1v) is 6.15. The largest absolute Gasteiger partial charge is 0.429 e. The Balaban J connectivity index is 1.62. The molecule has 1 amide bonds. The first-order valence-electron chi connectivity index (χ1n) is 6.15. The van der Waals surface area contributed by atoms with Crippen molar-refractivity contribution in [3.8, 4) is 5.75 Å². The summed E-state index contributed by atoms with van der Waals surface area (Å²) in [5, 5.41) is 1.67. The first-order chi connectivity index (χ1) is 8.33. The number of hydrogen-bond donors (Lipinski definition) is 1. The molecule has 1 N–H and O–H groups in total. The molecular formula is C13H16N2O2. The Morgan fingerprint density at radius 2 is 1.88 bits per heavy atom. The minimum Gasteiger partial charge on any atom is -0.409 e. The average molecular weight is 232 g/mol. The van der Waals surface area contributed by atoms with E-state index in [1.165, 1.54) is 0 Å². The van der Waals surface area contributed by atoms with E-state index in [4.69, 9.17) is 4.74 Å². The van der Waals surface area contributed by atoms with Gasteiger partial charge in [-0.2, -0.15) is 0 Å². The standard InChI is InChI=1S/C13H16N2O2/c16-13(17-12-4-2-1-3-5-12)15(11-8-9-11)14-10-6-7-10/h1-5,10-11,14H,6-9H2. The maximum Gasteiger partial charge on any atom is 0.429 e. The Morgan fingerprint density at radius 1 is 1.18 bits per heavy atom. The molecule has 2 aliphatic rings. The van der Waals surface area contributed by atoms with Crippen LogP contribution in [-0.2, 0) is 0 Å². The van der Waals surface area contributed by atoms with Gasteiger partial charge < -0.3 is 4.74 Å². The van der Waals surface area contributed by atoms with Gasteiger partial charge in [-0.1, -0.05) is 18.2 Å². The van der Waals surface area contributed by atoms with Crippen molar-refractivity contribution < 1.29 is 9.53 Å². The highest BCUT2D eigenvalue weighted by Crippen LogP contribution is 2.29. The molecule has 0 spiro atoms. The third-order valence-corrected chi connectivity index (χ3v) is 2.96.